The summed E-state index contributed by atoms with van der Waals surface area (Å²) < 4.78 is 0. The van der Waals surface area contributed by atoms with Crippen molar-refractivity contribution in [2.45, 2.75) is 58.9 Å². The van der Waals surface area contributed by atoms with Gasteiger partial charge < -0.3 is 5.73 Å². The maximum absolute atomic E-state index is 6.23. The first kappa shape index (κ1) is 14.3. The lowest BCUT2D eigenvalue weighted by molar-refractivity contribution is 0.0126. The first-order chi connectivity index (χ1) is 8.49. The van der Waals surface area contributed by atoms with Crippen molar-refractivity contribution < 1.29 is 0 Å². The molecule has 4 atom stereocenters. The lowest BCUT2D eigenvalue weighted by Gasteiger charge is -2.50. The average Bonchev–Trinajstić information content (AvgIpc) is 2.80. The molecule has 2 N–H and O–H groups in total. The summed E-state index contributed by atoms with van der Waals surface area (Å²) in [4.78, 5) is 2.76. The van der Waals surface area contributed by atoms with Gasteiger partial charge in [-0.25, -0.2) is 0 Å². The van der Waals surface area contributed by atoms with Gasteiger partial charge in [-0.1, -0.05) is 27.7 Å². The maximum atomic E-state index is 6.23. The Morgan fingerprint density at radius 1 is 1.28 bits per heavy atom. The summed E-state index contributed by atoms with van der Waals surface area (Å²) in [6, 6.07) is 0. The van der Waals surface area contributed by atoms with E-state index in [0.29, 0.717) is 5.54 Å². The molecule has 0 aromatic carbocycles. The smallest absolute Gasteiger partial charge is 0.0357 e. The van der Waals surface area contributed by atoms with Crippen molar-refractivity contribution in [1.29, 1.82) is 0 Å². The predicted octanol–water partition coefficient (Wildman–Crippen LogP) is 3.12. The Balaban J connectivity index is 2.09. The number of nitrogens with two attached hydrogens (primary N) is 1. The molecule has 18 heavy (non-hydrogen) atoms. The lowest BCUT2D eigenvalue weighted by atomic mass is 9.69. The topological polar surface area (TPSA) is 29.3 Å². The van der Waals surface area contributed by atoms with Crippen LogP contribution in [0.25, 0.3) is 0 Å². The van der Waals surface area contributed by atoms with E-state index in [1.807, 2.05) is 0 Å². The quantitative estimate of drug-likeness (QED) is 0.836. The van der Waals surface area contributed by atoms with Gasteiger partial charge in [0.2, 0.25) is 0 Å². The van der Waals surface area contributed by atoms with Crippen molar-refractivity contribution in [3.8, 4) is 0 Å². The van der Waals surface area contributed by atoms with Crippen LogP contribution in [0.1, 0.15) is 53.4 Å². The SMILES string of the molecule is CC1CCC(CN)(N2CCC(C(C)C)C2)C(C)C1. The molecule has 106 valence electrons. The molecule has 0 radical (unpaired) electrons. The van der Waals surface area contributed by atoms with Crippen LogP contribution in [0.4, 0.5) is 0 Å². The molecule has 2 fully saturated rings. The summed E-state index contributed by atoms with van der Waals surface area (Å²) in [5, 5.41) is 0. The van der Waals surface area contributed by atoms with Gasteiger partial charge in [-0.05, 0) is 55.9 Å². The zero-order chi connectivity index (χ0) is 13.3. The van der Waals surface area contributed by atoms with Gasteiger partial charge in [-0.2, -0.15) is 0 Å². The lowest BCUT2D eigenvalue weighted by Crippen LogP contribution is -2.59. The molecule has 2 nitrogen and oxygen atoms in total. The van der Waals surface area contributed by atoms with Crippen molar-refractivity contribution in [2.75, 3.05) is 19.6 Å². The summed E-state index contributed by atoms with van der Waals surface area (Å²) in [5.74, 6) is 3.36. The number of rotatable bonds is 3. The largest absolute Gasteiger partial charge is 0.329 e. The van der Waals surface area contributed by atoms with E-state index >= 15 is 0 Å². The highest BCUT2D eigenvalue weighted by Gasteiger charge is 2.46. The van der Waals surface area contributed by atoms with Gasteiger partial charge in [0.15, 0.2) is 0 Å². The Morgan fingerprint density at radius 2 is 2.00 bits per heavy atom. The van der Waals surface area contributed by atoms with Crippen LogP contribution in [0.5, 0.6) is 0 Å². The molecule has 4 unspecified atom stereocenters. The first-order valence-corrected chi connectivity index (χ1v) is 7.94. The van der Waals surface area contributed by atoms with Gasteiger partial charge in [-0.15, -0.1) is 0 Å². The van der Waals surface area contributed by atoms with Crippen LogP contribution in [-0.2, 0) is 0 Å². The number of nitrogens with zero attached hydrogens (tertiary/aromatic N) is 1. The van der Waals surface area contributed by atoms with Crippen LogP contribution >= 0.6 is 0 Å². The average molecular weight is 252 g/mol. The summed E-state index contributed by atoms with van der Waals surface area (Å²) in [7, 11) is 0. The standard InChI is InChI=1S/C16H32N2/c1-12(2)15-6-8-18(10-15)16(11-17)7-5-13(3)9-14(16)4/h12-15H,5-11,17H2,1-4H3. The Labute approximate surface area is 113 Å². The molecule has 1 heterocycles. The van der Waals surface area contributed by atoms with Gasteiger partial charge in [-0.3, -0.25) is 4.90 Å². The fourth-order valence-corrected chi connectivity index (χ4v) is 4.32. The Bertz CT molecular complexity index is 276. The second-order valence-electron chi connectivity index (χ2n) is 7.33. The van der Waals surface area contributed by atoms with E-state index in [1.165, 1.54) is 38.8 Å². The molecule has 1 aliphatic carbocycles. The highest BCUT2D eigenvalue weighted by molar-refractivity contribution is 5.02. The first-order valence-electron chi connectivity index (χ1n) is 7.94. The van der Waals surface area contributed by atoms with Gasteiger partial charge >= 0.3 is 0 Å². The Kier molecular flexibility index (Phi) is 4.38. The molecular weight excluding hydrogens is 220 g/mol. The van der Waals surface area contributed by atoms with Crippen molar-refractivity contribution in [3.05, 3.63) is 0 Å². The molecule has 2 heteroatoms. The minimum Gasteiger partial charge on any atom is -0.329 e. The highest BCUT2D eigenvalue weighted by atomic mass is 15.2. The van der Waals surface area contributed by atoms with E-state index in [9.17, 15) is 0 Å². The van der Waals surface area contributed by atoms with Crippen molar-refractivity contribution in [3.63, 3.8) is 0 Å². The van der Waals surface area contributed by atoms with E-state index in [4.69, 9.17) is 5.73 Å². The summed E-state index contributed by atoms with van der Waals surface area (Å²) >= 11 is 0. The normalized spacial score (nSPS) is 42.7. The molecule has 2 rings (SSSR count). The predicted molar refractivity (Wildman–Crippen MR) is 78.5 cm³/mol. The second kappa shape index (κ2) is 5.50. The molecule has 1 saturated heterocycles. The third-order valence-electron chi connectivity index (χ3n) is 5.89. The minimum absolute atomic E-state index is 0.316. The fraction of sp³-hybridized carbons (Fsp3) is 1.00. The molecule has 0 spiro atoms. The van der Waals surface area contributed by atoms with Crippen LogP contribution in [0.3, 0.4) is 0 Å². The van der Waals surface area contributed by atoms with Gasteiger partial charge in [0.05, 0.1) is 0 Å². The van der Waals surface area contributed by atoms with Crippen LogP contribution in [0.2, 0.25) is 0 Å². The molecule has 0 aromatic heterocycles. The minimum atomic E-state index is 0.316. The van der Waals surface area contributed by atoms with Crippen LogP contribution in [0, 0.1) is 23.7 Å². The van der Waals surface area contributed by atoms with E-state index in [0.717, 1.165) is 30.2 Å². The number of hydrogen-bond acceptors (Lipinski definition) is 2. The van der Waals surface area contributed by atoms with Crippen molar-refractivity contribution in [2.24, 2.45) is 29.4 Å². The molecule has 2 aliphatic rings. The Hall–Kier alpha value is -0.0800. The molecule has 1 saturated carbocycles. The van der Waals surface area contributed by atoms with Crippen molar-refractivity contribution >= 4 is 0 Å². The molecular formula is C16H32N2. The zero-order valence-electron chi connectivity index (χ0n) is 12.8. The third-order valence-corrected chi connectivity index (χ3v) is 5.89. The zero-order valence-corrected chi connectivity index (χ0v) is 12.8. The van der Waals surface area contributed by atoms with Crippen molar-refractivity contribution in [1.82, 2.24) is 4.90 Å². The van der Waals surface area contributed by atoms with Crippen LogP contribution < -0.4 is 5.73 Å². The molecule has 1 aliphatic heterocycles. The van der Waals surface area contributed by atoms with Crippen LogP contribution in [0.15, 0.2) is 0 Å². The van der Waals surface area contributed by atoms with Gasteiger partial charge in [0, 0.05) is 18.6 Å². The number of likely N-dealkylation sites (tertiary alicyclic amines) is 1. The third kappa shape index (κ3) is 2.46. The fourth-order valence-electron chi connectivity index (χ4n) is 4.32. The van der Waals surface area contributed by atoms with Gasteiger partial charge in [0.25, 0.3) is 0 Å². The monoisotopic (exact) mass is 252 g/mol. The molecule has 0 aromatic rings. The molecule has 0 bridgehead atoms. The summed E-state index contributed by atoms with van der Waals surface area (Å²) in [6.45, 7) is 13.0. The van der Waals surface area contributed by atoms with E-state index in [1.54, 1.807) is 0 Å². The Morgan fingerprint density at radius 3 is 2.50 bits per heavy atom. The van der Waals surface area contributed by atoms with E-state index < -0.39 is 0 Å². The van der Waals surface area contributed by atoms with Gasteiger partial charge in [0.1, 0.15) is 0 Å². The maximum Gasteiger partial charge on any atom is 0.0357 e. The summed E-state index contributed by atoms with van der Waals surface area (Å²) in [5.41, 5.74) is 6.55. The molecule has 0 amide bonds. The van der Waals surface area contributed by atoms with E-state index in [-0.39, 0.29) is 0 Å². The number of hydrogen-bond donors (Lipinski definition) is 1. The van der Waals surface area contributed by atoms with Crippen LogP contribution in [-0.4, -0.2) is 30.1 Å². The highest BCUT2D eigenvalue weighted by Crippen LogP contribution is 2.43. The summed E-state index contributed by atoms with van der Waals surface area (Å²) in [6.07, 6.45) is 5.42. The second-order valence-corrected chi connectivity index (χ2v) is 7.33. The van der Waals surface area contributed by atoms with E-state index in [2.05, 4.69) is 32.6 Å².